The van der Waals surface area contributed by atoms with Crippen LogP contribution in [0.1, 0.15) is 32.6 Å². The summed E-state index contributed by atoms with van der Waals surface area (Å²) in [4.78, 5) is 13.0. The van der Waals surface area contributed by atoms with E-state index in [9.17, 15) is 4.79 Å². The van der Waals surface area contributed by atoms with Crippen molar-refractivity contribution in [1.29, 1.82) is 0 Å². The molecule has 0 bridgehead atoms. The molecule has 3 heteroatoms. The number of hydrogen-bond acceptors (Lipinski definition) is 2. The SMILES string of the molecule is C#CCCCCC(=O)N(C)C(C)CO. The number of aliphatic hydroxyl groups excluding tert-OH is 1. The molecular weight excluding hydrogens is 178 g/mol. The van der Waals surface area contributed by atoms with Gasteiger partial charge < -0.3 is 10.0 Å². The van der Waals surface area contributed by atoms with Crippen molar-refractivity contribution in [2.45, 2.75) is 38.6 Å². The minimum atomic E-state index is -0.102. The molecule has 0 aliphatic carbocycles. The topological polar surface area (TPSA) is 40.5 Å². The smallest absolute Gasteiger partial charge is 0.222 e. The van der Waals surface area contributed by atoms with E-state index in [0.717, 1.165) is 19.3 Å². The lowest BCUT2D eigenvalue weighted by molar-refractivity contribution is -0.132. The first-order valence-corrected chi connectivity index (χ1v) is 4.93. The number of terminal acetylenes is 1. The highest BCUT2D eigenvalue weighted by Crippen LogP contribution is 2.04. The first-order chi connectivity index (χ1) is 6.63. The van der Waals surface area contributed by atoms with E-state index in [2.05, 4.69) is 5.92 Å². The van der Waals surface area contributed by atoms with Crippen molar-refractivity contribution in [3.63, 3.8) is 0 Å². The third-order valence-electron chi connectivity index (χ3n) is 2.28. The molecule has 1 amide bonds. The van der Waals surface area contributed by atoms with Gasteiger partial charge in [0.05, 0.1) is 12.6 Å². The van der Waals surface area contributed by atoms with Crippen molar-refractivity contribution < 1.29 is 9.90 Å². The second-order valence-corrected chi connectivity index (χ2v) is 3.45. The van der Waals surface area contributed by atoms with Crippen LogP contribution in [0.25, 0.3) is 0 Å². The Kier molecular flexibility index (Phi) is 6.87. The summed E-state index contributed by atoms with van der Waals surface area (Å²) in [6, 6.07) is -0.102. The number of aliphatic hydroxyl groups is 1. The first-order valence-electron chi connectivity index (χ1n) is 4.93. The Bertz CT molecular complexity index is 208. The number of rotatable bonds is 6. The summed E-state index contributed by atoms with van der Waals surface area (Å²) in [6.07, 6.45) is 8.06. The highest BCUT2D eigenvalue weighted by molar-refractivity contribution is 5.76. The van der Waals surface area contributed by atoms with Crippen molar-refractivity contribution in [2.75, 3.05) is 13.7 Å². The van der Waals surface area contributed by atoms with Gasteiger partial charge in [-0.3, -0.25) is 4.79 Å². The van der Waals surface area contributed by atoms with Gasteiger partial charge in [0, 0.05) is 19.9 Å². The molecule has 1 N–H and O–H groups in total. The van der Waals surface area contributed by atoms with Crippen LogP contribution in [0, 0.1) is 12.3 Å². The third kappa shape index (κ3) is 4.88. The number of carbonyl (C=O) groups excluding carboxylic acids is 1. The number of nitrogens with zero attached hydrogens (tertiary/aromatic N) is 1. The van der Waals surface area contributed by atoms with Crippen LogP contribution in [-0.4, -0.2) is 35.6 Å². The molecule has 0 saturated carbocycles. The maximum absolute atomic E-state index is 11.5. The molecule has 0 aliphatic heterocycles. The van der Waals surface area contributed by atoms with Gasteiger partial charge in [-0.15, -0.1) is 12.3 Å². The van der Waals surface area contributed by atoms with Gasteiger partial charge in [0.15, 0.2) is 0 Å². The fraction of sp³-hybridized carbons (Fsp3) is 0.727. The standard InChI is InChI=1S/C11H19NO2/c1-4-5-6-7-8-11(14)12(3)10(2)9-13/h1,10,13H,5-9H2,2-3H3. The van der Waals surface area contributed by atoms with Crippen molar-refractivity contribution in [1.82, 2.24) is 4.90 Å². The molecule has 0 radical (unpaired) electrons. The molecule has 0 aromatic carbocycles. The average molecular weight is 197 g/mol. The Balaban J connectivity index is 3.68. The molecule has 0 aromatic heterocycles. The van der Waals surface area contributed by atoms with Crippen LogP contribution in [-0.2, 0) is 4.79 Å². The Morgan fingerprint density at radius 1 is 1.57 bits per heavy atom. The largest absolute Gasteiger partial charge is 0.394 e. The van der Waals surface area contributed by atoms with Gasteiger partial charge in [-0.1, -0.05) is 0 Å². The second kappa shape index (κ2) is 7.40. The highest BCUT2D eigenvalue weighted by atomic mass is 16.3. The Morgan fingerprint density at radius 2 is 2.21 bits per heavy atom. The van der Waals surface area contributed by atoms with Crippen molar-refractivity contribution in [3.8, 4) is 12.3 Å². The highest BCUT2D eigenvalue weighted by Gasteiger charge is 2.13. The van der Waals surface area contributed by atoms with Gasteiger partial charge in [0.25, 0.3) is 0 Å². The van der Waals surface area contributed by atoms with Crippen LogP contribution in [0.15, 0.2) is 0 Å². The van der Waals surface area contributed by atoms with E-state index in [4.69, 9.17) is 11.5 Å². The zero-order valence-corrected chi connectivity index (χ0v) is 8.99. The van der Waals surface area contributed by atoms with Gasteiger partial charge in [-0.2, -0.15) is 0 Å². The average Bonchev–Trinajstić information content (AvgIpc) is 2.21. The number of likely N-dealkylation sites (N-methyl/N-ethyl adjacent to an activating group) is 1. The molecule has 0 saturated heterocycles. The second-order valence-electron chi connectivity index (χ2n) is 3.45. The fourth-order valence-electron chi connectivity index (χ4n) is 1.05. The number of unbranched alkanes of at least 4 members (excludes halogenated alkanes) is 2. The predicted molar refractivity (Wildman–Crippen MR) is 56.6 cm³/mol. The van der Waals surface area contributed by atoms with Crippen LogP contribution in [0.2, 0.25) is 0 Å². The van der Waals surface area contributed by atoms with Crippen LogP contribution < -0.4 is 0 Å². The Labute approximate surface area is 86.1 Å². The summed E-state index contributed by atoms with van der Waals surface area (Å²) in [6.45, 7) is 1.83. The molecule has 1 atom stereocenters. The summed E-state index contributed by atoms with van der Waals surface area (Å²) in [5.41, 5.74) is 0. The summed E-state index contributed by atoms with van der Waals surface area (Å²) < 4.78 is 0. The molecule has 0 rings (SSSR count). The zero-order chi connectivity index (χ0) is 11.0. The number of carbonyl (C=O) groups is 1. The molecule has 0 spiro atoms. The molecule has 0 aliphatic rings. The predicted octanol–water partition coefficient (Wildman–Crippen LogP) is 1.02. The molecule has 0 aromatic rings. The summed E-state index contributed by atoms with van der Waals surface area (Å²) in [5, 5.41) is 8.84. The lowest BCUT2D eigenvalue weighted by Gasteiger charge is -2.23. The molecule has 1 unspecified atom stereocenters. The van der Waals surface area contributed by atoms with E-state index < -0.39 is 0 Å². The fourth-order valence-corrected chi connectivity index (χ4v) is 1.05. The third-order valence-corrected chi connectivity index (χ3v) is 2.28. The summed E-state index contributed by atoms with van der Waals surface area (Å²) in [7, 11) is 1.71. The van der Waals surface area contributed by atoms with E-state index in [1.807, 2.05) is 6.92 Å². The van der Waals surface area contributed by atoms with Gasteiger partial charge in [-0.25, -0.2) is 0 Å². The minimum absolute atomic E-state index is 0.00654. The monoisotopic (exact) mass is 197 g/mol. The van der Waals surface area contributed by atoms with Crippen LogP contribution in [0.4, 0.5) is 0 Å². The quantitative estimate of drug-likeness (QED) is 0.510. The van der Waals surface area contributed by atoms with E-state index in [-0.39, 0.29) is 18.6 Å². The molecular formula is C11H19NO2. The van der Waals surface area contributed by atoms with E-state index in [1.54, 1.807) is 11.9 Å². The normalized spacial score (nSPS) is 11.9. The summed E-state index contributed by atoms with van der Waals surface area (Å²) >= 11 is 0. The lowest BCUT2D eigenvalue weighted by Crippen LogP contribution is -2.37. The Morgan fingerprint density at radius 3 is 2.71 bits per heavy atom. The lowest BCUT2D eigenvalue weighted by atomic mass is 10.1. The van der Waals surface area contributed by atoms with Gasteiger partial charge >= 0.3 is 0 Å². The maximum atomic E-state index is 11.5. The number of amides is 1. The summed E-state index contributed by atoms with van der Waals surface area (Å²) in [5.74, 6) is 2.61. The molecule has 3 nitrogen and oxygen atoms in total. The van der Waals surface area contributed by atoms with Crippen molar-refractivity contribution >= 4 is 5.91 Å². The maximum Gasteiger partial charge on any atom is 0.222 e. The molecule has 14 heavy (non-hydrogen) atoms. The molecule has 0 heterocycles. The first kappa shape index (κ1) is 13.0. The van der Waals surface area contributed by atoms with Gasteiger partial charge in [0.1, 0.15) is 0 Å². The molecule has 0 fully saturated rings. The van der Waals surface area contributed by atoms with E-state index >= 15 is 0 Å². The minimum Gasteiger partial charge on any atom is -0.394 e. The number of hydrogen-bond donors (Lipinski definition) is 1. The van der Waals surface area contributed by atoms with Gasteiger partial charge in [-0.05, 0) is 19.8 Å². The van der Waals surface area contributed by atoms with E-state index in [1.165, 1.54) is 0 Å². The van der Waals surface area contributed by atoms with E-state index in [0.29, 0.717) is 6.42 Å². The van der Waals surface area contributed by atoms with Crippen molar-refractivity contribution in [3.05, 3.63) is 0 Å². The van der Waals surface area contributed by atoms with Crippen LogP contribution in [0.3, 0.4) is 0 Å². The van der Waals surface area contributed by atoms with Crippen LogP contribution in [0.5, 0.6) is 0 Å². The zero-order valence-electron chi connectivity index (χ0n) is 8.99. The van der Waals surface area contributed by atoms with Crippen LogP contribution >= 0.6 is 0 Å². The molecule has 80 valence electrons. The Hall–Kier alpha value is -1.01. The van der Waals surface area contributed by atoms with Crippen molar-refractivity contribution in [2.24, 2.45) is 0 Å². The van der Waals surface area contributed by atoms with Gasteiger partial charge in [0.2, 0.25) is 5.91 Å².